The van der Waals surface area contributed by atoms with E-state index in [1.165, 1.54) is 17.5 Å². The highest BCUT2D eigenvalue weighted by Crippen LogP contribution is 2.25. The summed E-state index contributed by atoms with van der Waals surface area (Å²) < 4.78 is 1.79. The Morgan fingerprint density at radius 3 is 2.83 bits per heavy atom. The molecule has 5 nitrogen and oxygen atoms in total. The van der Waals surface area contributed by atoms with E-state index in [4.69, 9.17) is 0 Å². The van der Waals surface area contributed by atoms with Crippen molar-refractivity contribution in [1.82, 2.24) is 14.5 Å². The number of nitrogens with zero attached hydrogens (tertiary/aromatic N) is 3. The molecule has 2 aromatic heterocycles. The minimum absolute atomic E-state index is 0.146. The van der Waals surface area contributed by atoms with Crippen molar-refractivity contribution in [2.75, 3.05) is 5.32 Å². The molecule has 0 saturated carbocycles. The Morgan fingerprint density at radius 2 is 2.04 bits per heavy atom. The molecule has 0 bridgehead atoms. The van der Waals surface area contributed by atoms with E-state index in [9.17, 15) is 4.79 Å². The van der Waals surface area contributed by atoms with Crippen LogP contribution in [0.15, 0.2) is 55.2 Å². The fraction of sp³-hybridized carbons (Fsp3) is 0.167. The minimum atomic E-state index is -0.146. The van der Waals surface area contributed by atoms with Crippen molar-refractivity contribution >= 4 is 11.6 Å². The monoisotopic (exact) mass is 304 g/mol. The van der Waals surface area contributed by atoms with Crippen LogP contribution in [-0.2, 0) is 12.8 Å². The lowest BCUT2D eigenvalue weighted by molar-refractivity contribution is 0.102. The number of imidazole rings is 1. The number of aryl methyl sites for hydroxylation is 2. The largest absolute Gasteiger partial charge is 0.322 e. The molecular weight excluding hydrogens is 288 g/mol. The zero-order valence-corrected chi connectivity index (χ0v) is 12.6. The van der Waals surface area contributed by atoms with Gasteiger partial charge in [0.2, 0.25) is 0 Å². The molecule has 0 unspecified atom stereocenters. The third-order valence-corrected chi connectivity index (χ3v) is 4.14. The number of hydrogen-bond donors (Lipinski definition) is 1. The molecule has 1 amide bonds. The number of carbonyl (C=O) groups excluding carboxylic acids is 1. The third-order valence-electron chi connectivity index (χ3n) is 4.14. The molecule has 1 aromatic carbocycles. The van der Waals surface area contributed by atoms with Gasteiger partial charge >= 0.3 is 0 Å². The molecule has 0 spiro atoms. The molecule has 2 heterocycles. The quantitative estimate of drug-likeness (QED) is 0.809. The number of anilines is 1. The molecular formula is C18H16N4O. The lowest BCUT2D eigenvalue weighted by Gasteiger charge is -2.08. The molecule has 1 aliphatic carbocycles. The maximum absolute atomic E-state index is 12.3. The SMILES string of the molecule is O=C(Nc1ccc2c(c1)CCC2)c1ccc(-n2ccnc2)nc1. The number of rotatable bonds is 3. The summed E-state index contributed by atoms with van der Waals surface area (Å²) >= 11 is 0. The Hall–Kier alpha value is -2.95. The van der Waals surface area contributed by atoms with E-state index in [0.29, 0.717) is 5.56 Å². The van der Waals surface area contributed by atoms with Crippen molar-refractivity contribution < 1.29 is 4.79 Å². The summed E-state index contributed by atoms with van der Waals surface area (Å²) in [6.45, 7) is 0. The van der Waals surface area contributed by atoms with E-state index >= 15 is 0 Å². The number of fused-ring (bicyclic) bond motifs is 1. The summed E-state index contributed by atoms with van der Waals surface area (Å²) in [6.07, 6.45) is 10.2. The average Bonchev–Trinajstić information content (AvgIpc) is 3.26. The molecule has 0 saturated heterocycles. The van der Waals surface area contributed by atoms with Crippen LogP contribution < -0.4 is 5.32 Å². The summed E-state index contributed by atoms with van der Waals surface area (Å²) in [4.78, 5) is 20.6. The van der Waals surface area contributed by atoms with Gasteiger partial charge in [-0.2, -0.15) is 0 Å². The smallest absolute Gasteiger partial charge is 0.257 e. The Kier molecular flexibility index (Phi) is 3.38. The van der Waals surface area contributed by atoms with Gasteiger partial charge in [0.15, 0.2) is 0 Å². The second-order valence-corrected chi connectivity index (χ2v) is 5.67. The number of nitrogens with one attached hydrogen (secondary N) is 1. The lowest BCUT2D eigenvalue weighted by Crippen LogP contribution is -2.12. The van der Waals surface area contributed by atoms with Crippen LogP contribution in [0.25, 0.3) is 5.82 Å². The summed E-state index contributed by atoms with van der Waals surface area (Å²) in [5.41, 5.74) is 4.12. The Balaban J connectivity index is 1.51. The first kappa shape index (κ1) is 13.7. The predicted octanol–water partition coefficient (Wildman–Crippen LogP) is 3.01. The summed E-state index contributed by atoms with van der Waals surface area (Å²) in [6, 6.07) is 9.73. The van der Waals surface area contributed by atoms with Crippen LogP contribution in [0.3, 0.4) is 0 Å². The Labute approximate surface area is 134 Å². The van der Waals surface area contributed by atoms with E-state index in [0.717, 1.165) is 24.3 Å². The van der Waals surface area contributed by atoms with Crippen molar-refractivity contribution in [1.29, 1.82) is 0 Å². The van der Waals surface area contributed by atoms with Crippen LogP contribution in [0.5, 0.6) is 0 Å². The van der Waals surface area contributed by atoms with E-state index in [1.807, 2.05) is 12.3 Å². The van der Waals surface area contributed by atoms with Gasteiger partial charge < -0.3 is 5.32 Å². The average molecular weight is 304 g/mol. The third kappa shape index (κ3) is 2.73. The molecule has 1 aliphatic rings. The molecule has 0 aliphatic heterocycles. The summed E-state index contributed by atoms with van der Waals surface area (Å²) in [7, 11) is 0. The Bertz CT molecular complexity index is 838. The number of aromatic nitrogens is 3. The maximum Gasteiger partial charge on any atom is 0.257 e. The van der Waals surface area contributed by atoms with E-state index < -0.39 is 0 Å². The minimum Gasteiger partial charge on any atom is -0.322 e. The van der Waals surface area contributed by atoms with Gasteiger partial charge in [-0.15, -0.1) is 0 Å². The molecule has 0 atom stereocenters. The van der Waals surface area contributed by atoms with E-state index in [-0.39, 0.29) is 5.91 Å². The first-order valence-corrected chi connectivity index (χ1v) is 7.67. The van der Waals surface area contributed by atoms with Crippen LogP contribution in [-0.4, -0.2) is 20.4 Å². The van der Waals surface area contributed by atoms with Crippen LogP contribution >= 0.6 is 0 Å². The summed E-state index contributed by atoms with van der Waals surface area (Å²) in [5, 5.41) is 2.94. The highest BCUT2D eigenvalue weighted by Gasteiger charge is 2.12. The zero-order valence-electron chi connectivity index (χ0n) is 12.6. The van der Waals surface area contributed by atoms with Gasteiger partial charge in [-0.1, -0.05) is 6.07 Å². The molecule has 4 rings (SSSR count). The molecule has 1 N–H and O–H groups in total. The van der Waals surface area contributed by atoms with Gasteiger partial charge in [-0.25, -0.2) is 9.97 Å². The van der Waals surface area contributed by atoms with Gasteiger partial charge in [-0.05, 0) is 54.7 Å². The Morgan fingerprint density at radius 1 is 1.13 bits per heavy atom. The van der Waals surface area contributed by atoms with Crippen molar-refractivity contribution in [3.8, 4) is 5.82 Å². The zero-order chi connectivity index (χ0) is 15.6. The number of amides is 1. The normalized spacial score (nSPS) is 12.9. The van der Waals surface area contributed by atoms with Gasteiger partial charge in [0.25, 0.3) is 5.91 Å². The standard InChI is InChI=1S/C18H16N4O/c23-18(21-16-6-4-13-2-1-3-14(13)10-16)15-5-7-17(20-11-15)22-9-8-19-12-22/h4-12H,1-3H2,(H,21,23). The second kappa shape index (κ2) is 5.68. The fourth-order valence-electron chi connectivity index (χ4n) is 2.92. The number of carbonyl (C=O) groups is 1. The molecule has 5 heteroatoms. The van der Waals surface area contributed by atoms with Crippen LogP contribution in [0.1, 0.15) is 27.9 Å². The van der Waals surface area contributed by atoms with Crippen LogP contribution in [0.4, 0.5) is 5.69 Å². The van der Waals surface area contributed by atoms with Gasteiger partial charge in [-0.3, -0.25) is 9.36 Å². The highest BCUT2D eigenvalue weighted by atomic mass is 16.1. The van der Waals surface area contributed by atoms with Crippen molar-refractivity contribution in [2.45, 2.75) is 19.3 Å². The molecule has 0 radical (unpaired) electrons. The lowest BCUT2D eigenvalue weighted by atomic mass is 10.1. The van der Waals surface area contributed by atoms with Gasteiger partial charge in [0.05, 0.1) is 5.56 Å². The second-order valence-electron chi connectivity index (χ2n) is 5.67. The maximum atomic E-state index is 12.3. The van der Waals surface area contributed by atoms with Crippen LogP contribution in [0, 0.1) is 0 Å². The van der Waals surface area contributed by atoms with E-state index in [1.54, 1.807) is 35.4 Å². The fourth-order valence-corrected chi connectivity index (χ4v) is 2.92. The number of hydrogen-bond acceptors (Lipinski definition) is 3. The topological polar surface area (TPSA) is 59.8 Å². The first-order chi connectivity index (χ1) is 11.3. The van der Waals surface area contributed by atoms with Crippen LogP contribution in [0.2, 0.25) is 0 Å². The highest BCUT2D eigenvalue weighted by molar-refractivity contribution is 6.04. The summed E-state index contributed by atoms with van der Waals surface area (Å²) in [5.74, 6) is 0.587. The van der Waals surface area contributed by atoms with E-state index in [2.05, 4.69) is 27.4 Å². The van der Waals surface area contributed by atoms with Gasteiger partial charge in [0.1, 0.15) is 12.1 Å². The number of pyridine rings is 1. The number of benzene rings is 1. The molecule has 114 valence electrons. The predicted molar refractivity (Wildman–Crippen MR) is 87.8 cm³/mol. The molecule has 3 aromatic rings. The molecule has 0 fully saturated rings. The van der Waals surface area contributed by atoms with Gasteiger partial charge in [0, 0.05) is 24.3 Å². The van der Waals surface area contributed by atoms with Crippen molar-refractivity contribution in [3.05, 3.63) is 71.9 Å². The van der Waals surface area contributed by atoms with Crippen molar-refractivity contribution in [3.63, 3.8) is 0 Å². The first-order valence-electron chi connectivity index (χ1n) is 7.67. The molecule has 23 heavy (non-hydrogen) atoms. The van der Waals surface area contributed by atoms with Crippen molar-refractivity contribution in [2.24, 2.45) is 0 Å².